The molecule has 0 spiro atoms. The van der Waals surface area contributed by atoms with Crippen molar-refractivity contribution in [2.45, 2.75) is 59.8 Å². The molecule has 170 valence electrons. The molecule has 4 rings (SSSR count). The highest BCUT2D eigenvalue weighted by Gasteiger charge is 2.35. The van der Waals surface area contributed by atoms with Crippen LogP contribution in [0.4, 0.5) is 17.3 Å². The summed E-state index contributed by atoms with van der Waals surface area (Å²) in [7, 11) is 1.39. The number of nitrogens with two attached hydrogens (primary N) is 1. The highest BCUT2D eigenvalue weighted by molar-refractivity contribution is 6.01. The molecule has 1 atom stereocenters. The lowest BCUT2D eigenvalue weighted by Gasteiger charge is -2.34. The van der Waals surface area contributed by atoms with Gasteiger partial charge in [-0.3, -0.25) is 0 Å². The third-order valence-corrected chi connectivity index (χ3v) is 5.96. The molecule has 0 amide bonds. The lowest BCUT2D eigenvalue weighted by atomic mass is 9.91. The molecule has 32 heavy (non-hydrogen) atoms. The summed E-state index contributed by atoms with van der Waals surface area (Å²) in [6.07, 6.45) is 2.38. The van der Waals surface area contributed by atoms with Gasteiger partial charge in [0.15, 0.2) is 6.10 Å². The summed E-state index contributed by atoms with van der Waals surface area (Å²) >= 11 is 0. The van der Waals surface area contributed by atoms with Crippen molar-refractivity contribution >= 4 is 34.2 Å². The summed E-state index contributed by atoms with van der Waals surface area (Å²) in [4.78, 5) is 24.0. The Labute approximate surface area is 188 Å². The minimum absolute atomic E-state index is 0.417. The van der Waals surface area contributed by atoms with Gasteiger partial charge in [0.05, 0.1) is 42.0 Å². The maximum Gasteiger partial charge on any atom is 0.339 e. The van der Waals surface area contributed by atoms with Crippen molar-refractivity contribution in [2.75, 3.05) is 24.3 Å². The molecule has 0 saturated heterocycles. The van der Waals surface area contributed by atoms with Crippen molar-refractivity contribution in [1.82, 2.24) is 14.5 Å². The fourth-order valence-corrected chi connectivity index (χ4v) is 4.63. The number of hydrogen-bond acceptors (Lipinski definition) is 7. The number of esters is 1. The number of nitrogen functional groups attached to an aromatic ring is 1. The van der Waals surface area contributed by atoms with Gasteiger partial charge in [-0.25, -0.2) is 14.8 Å². The summed E-state index contributed by atoms with van der Waals surface area (Å²) in [6.45, 7) is 13.5. The van der Waals surface area contributed by atoms with Gasteiger partial charge in [0.1, 0.15) is 0 Å². The van der Waals surface area contributed by atoms with Gasteiger partial charge in [-0.15, -0.1) is 0 Å². The van der Waals surface area contributed by atoms with Crippen LogP contribution in [0.5, 0.6) is 0 Å². The van der Waals surface area contributed by atoms with Crippen molar-refractivity contribution in [3.8, 4) is 0 Å². The van der Waals surface area contributed by atoms with E-state index in [0.717, 1.165) is 39.8 Å². The quantitative estimate of drug-likeness (QED) is 0.613. The second-order valence-electron chi connectivity index (χ2n) is 9.31. The zero-order valence-electron chi connectivity index (χ0n) is 19.8. The minimum Gasteiger partial charge on any atom is -0.467 e. The number of hydrogen-bond donors (Lipinski definition) is 1. The number of aromatic nitrogens is 3. The Morgan fingerprint density at radius 3 is 2.38 bits per heavy atom. The van der Waals surface area contributed by atoms with E-state index in [4.69, 9.17) is 15.2 Å². The molecule has 2 aromatic heterocycles. The summed E-state index contributed by atoms with van der Waals surface area (Å²) in [6, 6.07) is 2.18. The van der Waals surface area contributed by atoms with Crippen molar-refractivity contribution in [3.05, 3.63) is 40.8 Å². The van der Waals surface area contributed by atoms with Gasteiger partial charge in [-0.05, 0) is 58.7 Å². The standard InChI is InChI=1S/C24H31N5O3/c1-13-10-17-14(2)18(21(22(30)31-7)32-24(4,5)6)15(3)19-20(17)28(13)8-9-29(19)23-26-11-16(25)12-27-23/h10-12,21H,8-9,25H2,1-7H3/t21-/m0/s1. The van der Waals surface area contributed by atoms with Crippen LogP contribution >= 0.6 is 0 Å². The Morgan fingerprint density at radius 2 is 1.78 bits per heavy atom. The SMILES string of the molecule is COC(=O)[C@@H](OC(C)(C)C)c1c(C)c2c3c(cc(C)n3CCN2c2ncc(N)cn2)c1C. The van der Waals surface area contributed by atoms with Crippen molar-refractivity contribution in [2.24, 2.45) is 0 Å². The fourth-order valence-electron chi connectivity index (χ4n) is 4.63. The third-order valence-electron chi connectivity index (χ3n) is 5.96. The van der Waals surface area contributed by atoms with Gasteiger partial charge in [0.2, 0.25) is 5.95 Å². The molecule has 0 aliphatic carbocycles. The van der Waals surface area contributed by atoms with Crippen LogP contribution in [-0.4, -0.2) is 39.8 Å². The number of benzene rings is 1. The number of ether oxygens (including phenoxy) is 2. The van der Waals surface area contributed by atoms with Gasteiger partial charge in [-0.1, -0.05) is 0 Å². The van der Waals surface area contributed by atoms with E-state index in [1.54, 1.807) is 12.4 Å². The molecule has 8 heteroatoms. The molecule has 8 nitrogen and oxygen atoms in total. The van der Waals surface area contributed by atoms with Gasteiger partial charge < -0.3 is 24.7 Å². The van der Waals surface area contributed by atoms with Crippen LogP contribution in [0.15, 0.2) is 18.5 Å². The molecular weight excluding hydrogens is 406 g/mol. The fraction of sp³-hybridized carbons (Fsp3) is 0.458. The molecular formula is C24H31N5O3. The molecule has 3 heterocycles. The predicted molar refractivity (Wildman–Crippen MR) is 125 cm³/mol. The van der Waals surface area contributed by atoms with Gasteiger partial charge in [-0.2, -0.15) is 0 Å². The van der Waals surface area contributed by atoms with Crippen molar-refractivity contribution in [1.29, 1.82) is 0 Å². The van der Waals surface area contributed by atoms with Crippen LogP contribution in [0.3, 0.4) is 0 Å². The number of carbonyl (C=O) groups is 1. The second kappa shape index (κ2) is 7.78. The molecule has 2 N–H and O–H groups in total. The van der Waals surface area contributed by atoms with Crippen LogP contribution in [0.2, 0.25) is 0 Å². The monoisotopic (exact) mass is 437 g/mol. The topological polar surface area (TPSA) is 95.5 Å². The minimum atomic E-state index is -0.847. The Kier molecular flexibility index (Phi) is 5.36. The second-order valence-corrected chi connectivity index (χ2v) is 9.31. The zero-order valence-corrected chi connectivity index (χ0v) is 19.8. The lowest BCUT2D eigenvalue weighted by Crippen LogP contribution is -2.32. The van der Waals surface area contributed by atoms with Crippen LogP contribution in [-0.2, 0) is 20.8 Å². The first-order valence-electron chi connectivity index (χ1n) is 10.8. The average Bonchev–Trinajstić information content (AvgIpc) is 3.07. The molecule has 0 radical (unpaired) electrons. The zero-order chi connectivity index (χ0) is 23.4. The van der Waals surface area contributed by atoms with Gasteiger partial charge in [0, 0.05) is 29.7 Å². The summed E-state index contributed by atoms with van der Waals surface area (Å²) in [5, 5.41) is 1.09. The van der Waals surface area contributed by atoms with E-state index < -0.39 is 17.7 Å². The van der Waals surface area contributed by atoms with Gasteiger partial charge in [0.25, 0.3) is 0 Å². The lowest BCUT2D eigenvalue weighted by molar-refractivity contribution is -0.164. The van der Waals surface area contributed by atoms with Crippen LogP contribution < -0.4 is 10.6 Å². The Balaban J connectivity index is 2.03. The van der Waals surface area contributed by atoms with E-state index in [1.165, 1.54) is 12.8 Å². The van der Waals surface area contributed by atoms with Gasteiger partial charge >= 0.3 is 5.97 Å². The van der Waals surface area contributed by atoms with Crippen molar-refractivity contribution in [3.63, 3.8) is 0 Å². The molecule has 0 saturated carbocycles. The first-order valence-corrected chi connectivity index (χ1v) is 10.8. The summed E-state index contributed by atoms with van der Waals surface area (Å²) in [5.41, 5.74) is 11.9. The highest BCUT2D eigenvalue weighted by Crippen LogP contribution is 2.45. The highest BCUT2D eigenvalue weighted by atomic mass is 16.6. The van der Waals surface area contributed by atoms with Crippen LogP contribution in [0, 0.1) is 20.8 Å². The van der Waals surface area contributed by atoms with Crippen molar-refractivity contribution < 1.29 is 14.3 Å². The average molecular weight is 438 g/mol. The maximum atomic E-state index is 12.9. The maximum absolute atomic E-state index is 12.9. The molecule has 0 unspecified atom stereocenters. The normalized spacial score (nSPS) is 14.7. The van der Waals surface area contributed by atoms with E-state index >= 15 is 0 Å². The molecule has 0 fully saturated rings. The predicted octanol–water partition coefficient (Wildman–Crippen LogP) is 4.12. The molecule has 1 aliphatic rings. The first kappa shape index (κ1) is 22.1. The first-order chi connectivity index (χ1) is 15.0. The van der Waals surface area contributed by atoms with Crippen LogP contribution in [0.25, 0.3) is 10.9 Å². The number of rotatable bonds is 4. The number of anilines is 3. The van der Waals surface area contributed by atoms with Crippen LogP contribution in [0.1, 0.15) is 49.3 Å². The number of methoxy groups -OCH3 is 1. The van der Waals surface area contributed by atoms with E-state index in [-0.39, 0.29) is 0 Å². The molecule has 1 aliphatic heterocycles. The molecule has 0 bridgehead atoms. The largest absolute Gasteiger partial charge is 0.467 e. The Morgan fingerprint density at radius 1 is 1.12 bits per heavy atom. The smallest absolute Gasteiger partial charge is 0.339 e. The molecule has 1 aromatic carbocycles. The summed E-state index contributed by atoms with van der Waals surface area (Å²) in [5.74, 6) is 0.162. The van der Waals surface area contributed by atoms with E-state index in [1.807, 2.05) is 34.6 Å². The number of aryl methyl sites for hydroxylation is 2. The Bertz CT molecular complexity index is 1190. The summed E-state index contributed by atoms with van der Waals surface area (Å²) < 4.78 is 13.7. The number of nitrogens with zero attached hydrogens (tertiary/aromatic N) is 4. The number of carbonyl (C=O) groups excluding carboxylic acids is 1. The third kappa shape index (κ3) is 3.58. The van der Waals surface area contributed by atoms with E-state index in [0.29, 0.717) is 18.2 Å². The van der Waals surface area contributed by atoms with E-state index in [2.05, 4.69) is 32.4 Å². The Hall–Kier alpha value is -3.13. The molecule has 3 aromatic rings. The van der Waals surface area contributed by atoms with E-state index in [9.17, 15) is 4.79 Å².